The molecule has 2 amide bonds. The van der Waals surface area contributed by atoms with Gasteiger partial charge in [-0.05, 0) is 58.7 Å². The molecule has 31 heavy (non-hydrogen) atoms. The average molecular weight is 433 g/mol. The number of benzene rings is 1. The smallest absolute Gasteiger partial charge is 0.410 e. The molecule has 1 aliphatic rings. The molecule has 0 bridgehead atoms. The first-order chi connectivity index (χ1) is 14.5. The lowest BCUT2D eigenvalue weighted by Crippen LogP contribution is -2.42. The van der Waals surface area contributed by atoms with Crippen LogP contribution in [-0.4, -0.2) is 40.2 Å². The molecular weight excluding hydrogens is 404 g/mol. The highest BCUT2D eigenvalue weighted by atomic mass is 19.1. The molecule has 1 saturated heterocycles. The van der Waals surface area contributed by atoms with Gasteiger partial charge in [-0.3, -0.25) is 4.79 Å². The normalized spacial score (nSPS) is 16.1. The van der Waals surface area contributed by atoms with Gasteiger partial charge in [0.1, 0.15) is 22.9 Å². The summed E-state index contributed by atoms with van der Waals surface area (Å²) in [6, 6.07) is 6.25. The van der Waals surface area contributed by atoms with Crippen molar-refractivity contribution in [3.63, 3.8) is 0 Å². The minimum absolute atomic E-state index is 0.0623. The van der Waals surface area contributed by atoms with E-state index in [9.17, 15) is 18.4 Å². The standard InChI is InChI=1S/C23H29F2N3O3/c1-15(18-8-7-16(24)14-19(18)25)26-21(29)20-6-5-11-28(20)17-9-12-27(13-10-17)22(30)31-23(2,3)4/h5-8,11,14-15,17H,9-10,12-13H2,1-4H3,(H,26,29). The maximum atomic E-state index is 14.0. The molecule has 1 fully saturated rings. The number of halogens is 2. The van der Waals surface area contributed by atoms with E-state index in [0.717, 1.165) is 6.07 Å². The third-order valence-corrected chi connectivity index (χ3v) is 5.30. The van der Waals surface area contributed by atoms with Gasteiger partial charge in [-0.15, -0.1) is 0 Å². The zero-order valence-electron chi connectivity index (χ0n) is 18.3. The largest absolute Gasteiger partial charge is 0.444 e. The van der Waals surface area contributed by atoms with E-state index in [1.165, 1.54) is 12.1 Å². The van der Waals surface area contributed by atoms with E-state index >= 15 is 0 Å². The summed E-state index contributed by atoms with van der Waals surface area (Å²) in [5.41, 5.74) is 0.143. The van der Waals surface area contributed by atoms with E-state index in [4.69, 9.17) is 4.74 Å². The van der Waals surface area contributed by atoms with Crippen LogP contribution < -0.4 is 5.32 Å². The first-order valence-electron chi connectivity index (χ1n) is 10.5. The van der Waals surface area contributed by atoms with Crippen LogP contribution in [-0.2, 0) is 4.74 Å². The molecule has 2 heterocycles. The maximum absolute atomic E-state index is 14.0. The number of amides is 2. The molecule has 0 aliphatic carbocycles. The van der Waals surface area contributed by atoms with Gasteiger partial charge in [-0.25, -0.2) is 13.6 Å². The minimum atomic E-state index is -0.697. The molecule has 1 aliphatic heterocycles. The highest BCUT2D eigenvalue weighted by Gasteiger charge is 2.29. The summed E-state index contributed by atoms with van der Waals surface area (Å²) in [5.74, 6) is -1.69. The van der Waals surface area contributed by atoms with Crippen LogP contribution in [0.2, 0.25) is 0 Å². The molecule has 1 aromatic heterocycles. The van der Waals surface area contributed by atoms with Gasteiger partial charge in [0.2, 0.25) is 0 Å². The predicted molar refractivity (Wildman–Crippen MR) is 113 cm³/mol. The quantitative estimate of drug-likeness (QED) is 0.751. The highest BCUT2D eigenvalue weighted by molar-refractivity contribution is 5.93. The van der Waals surface area contributed by atoms with Gasteiger partial charge < -0.3 is 19.5 Å². The van der Waals surface area contributed by atoms with E-state index in [-0.39, 0.29) is 23.6 Å². The molecule has 0 saturated carbocycles. The number of piperidine rings is 1. The van der Waals surface area contributed by atoms with Crippen LogP contribution in [0.5, 0.6) is 0 Å². The van der Waals surface area contributed by atoms with E-state index in [2.05, 4.69) is 5.32 Å². The lowest BCUT2D eigenvalue weighted by atomic mass is 10.0. The van der Waals surface area contributed by atoms with E-state index in [0.29, 0.717) is 31.6 Å². The molecule has 1 N–H and O–H groups in total. The Morgan fingerprint density at radius 2 is 1.84 bits per heavy atom. The van der Waals surface area contributed by atoms with Crippen LogP contribution in [0.25, 0.3) is 0 Å². The zero-order valence-corrected chi connectivity index (χ0v) is 18.3. The second kappa shape index (κ2) is 9.08. The van der Waals surface area contributed by atoms with E-state index in [1.807, 2.05) is 31.5 Å². The number of rotatable bonds is 4. The number of hydrogen-bond acceptors (Lipinski definition) is 3. The summed E-state index contributed by atoms with van der Waals surface area (Å²) in [6.45, 7) is 8.23. The number of aromatic nitrogens is 1. The van der Waals surface area contributed by atoms with Gasteiger partial charge in [0.05, 0.1) is 6.04 Å². The Bertz CT molecular complexity index is 944. The molecule has 2 aromatic rings. The monoisotopic (exact) mass is 433 g/mol. The summed E-state index contributed by atoms with van der Waals surface area (Å²) in [4.78, 5) is 26.8. The van der Waals surface area contributed by atoms with Crippen molar-refractivity contribution >= 4 is 12.0 Å². The first-order valence-corrected chi connectivity index (χ1v) is 10.5. The van der Waals surface area contributed by atoms with Crippen LogP contribution in [0.1, 0.15) is 68.7 Å². The number of nitrogens with one attached hydrogen (secondary N) is 1. The molecule has 0 spiro atoms. The van der Waals surface area contributed by atoms with Gasteiger partial charge in [0.15, 0.2) is 0 Å². The van der Waals surface area contributed by atoms with Gasteiger partial charge in [0, 0.05) is 37.0 Å². The summed E-state index contributed by atoms with van der Waals surface area (Å²) < 4.78 is 34.5. The lowest BCUT2D eigenvalue weighted by Gasteiger charge is -2.34. The molecule has 0 radical (unpaired) electrons. The number of hydrogen-bond donors (Lipinski definition) is 1. The fraction of sp³-hybridized carbons (Fsp3) is 0.478. The van der Waals surface area contributed by atoms with E-state index in [1.54, 1.807) is 24.0 Å². The molecule has 3 rings (SSSR count). The summed E-state index contributed by atoms with van der Waals surface area (Å²) in [6.07, 6.45) is 2.89. The number of ether oxygens (including phenoxy) is 1. The maximum Gasteiger partial charge on any atom is 0.410 e. The number of carbonyl (C=O) groups excluding carboxylic acids is 2. The van der Waals surface area contributed by atoms with Crippen molar-refractivity contribution in [2.45, 2.75) is 58.2 Å². The number of likely N-dealkylation sites (tertiary alicyclic amines) is 1. The Kier molecular flexibility index (Phi) is 6.67. The number of carbonyl (C=O) groups is 2. The molecule has 1 aromatic carbocycles. The van der Waals surface area contributed by atoms with Crippen LogP contribution in [0.3, 0.4) is 0 Å². The summed E-state index contributed by atoms with van der Waals surface area (Å²) in [5, 5.41) is 2.78. The van der Waals surface area contributed by atoms with Crippen molar-refractivity contribution in [3.05, 3.63) is 59.4 Å². The minimum Gasteiger partial charge on any atom is -0.444 e. The third-order valence-electron chi connectivity index (χ3n) is 5.30. The molecule has 1 atom stereocenters. The van der Waals surface area contributed by atoms with Crippen LogP contribution in [0.4, 0.5) is 13.6 Å². The molecular formula is C23H29F2N3O3. The van der Waals surface area contributed by atoms with Gasteiger partial charge in [-0.1, -0.05) is 6.07 Å². The van der Waals surface area contributed by atoms with Crippen molar-refractivity contribution < 1.29 is 23.1 Å². The SMILES string of the molecule is CC(NC(=O)c1cccn1C1CCN(C(=O)OC(C)(C)C)CC1)c1ccc(F)cc1F. The second-order valence-electron chi connectivity index (χ2n) is 8.86. The molecule has 8 heteroatoms. The average Bonchev–Trinajstić information content (AvgIpc) is 3.16. The Balaban J connectivity index is 1.63. The highest BCUT2D eigenvalue weighted by Crippen LogP contribution is 2.26. The van der Waals surface area contributed by atoms with Crippen molar-refractivity contribution in [2.24, 2.45) is 0 Å². The van der Waals surface area contributed by atoms with Crippen molar-refractivity contribution in [1.29, 1.82) is 0 Å². The summed E-state index contributed by atoms with van der Waals surface area (Å²) >= 11 is 0. The van der Waals surface area contributed by atoms with Crippen molar-refractivity contribution in [1.82, 2.24) is 14.8 Å². The van der Waals surface area contributed by atoms with Crippen LogP contribution in [0.15, 0.2) is 36.5 Å². The summed E-state index contributed by atoms with van der Waals surface area (Å²) in [7, 11) is 0. The van der Waals surface area contributed by atoms with Crippen molar-refractivity contribution in [3.8, 4) is 0 Å². The zero-order chi connectivity index (χ0) is 22.8. The number of nitrogens with zero attached hydrogens (tertiary/aromatic N) is 2. The fourth-order valence-electron chi connectivity index (χ4n) is 3.76. The second-order valence-corrected chi connectivity index (χ2v) is 8.86. The topological polar surface area (TPSA) is 63.6 Å². The van der Waals surface area contributed by atoms with Gasteiger partial charge >= 0.3 is 6.09 Å². The van der Waals surface area contributed by atoms with Gasteiger partial charge in [-0.2, -0.15) is 0 Å². The first kappa shape index (κ1) is 22.8. The fourth-order valence-corrected chi connectivity index (χ4v) is 3.76. The Morgan fingerprint density at radius 1 is 1.16 bits per heavy atom. The molecule has 1 unspecified atom stereocenters. The predicted octanol–water partition coefficient (Wildman–Crippen LogP) is 4.83. The molecule has 168 valence electrons. The van der Waals surface area contributed by atoms with Crippen LogP contribution in [0, 0.1) is 11.6 Å². The third kappa shape index (κ3) is 5.62. The Labute approximate surface area is 181 Å². The Hall–Kier alpha value is -2.90. The van der Waals surface area contributed by atoms with Crippen molar-refractivity contribution in [2.75, 3.05) is 13.1 Å². The molecule has 6 nitrogen and oxygen atoms in total. The van der Waals surface area contributed by atoms with E-state index < -0.39 is 23.3 Å². The Morgan fingerprint density at radius 3 is 2.45 bits per heavy atom. The van der Waals surface area contributed by atoms with Crippen LogP contribution >= 0.6 is 0 Å². The lowest BCUT2D eigenvalue weighted by molar-refractivity contribution is 0.0187. The van der Waals surface area contributed by atoms with Gasteiger partial charge in [0.25, 0.3) is 5.91 Å².